The number of rotatable bonds is 4. The SMILES string of the molecule is CCCNCC1=COCCC1. The van der Waals surface area contributed by atoms with Crippen LogP contribution in [-0.4, -0.2) is 19.7 Å². The van der Waals surface area contributed by atoms with Crippen molar-refractivity contribution in [3.8, 4) is 0 Å². The average molecular weight is 155 g/mol. The third-order valence-electron chi connectivity index (χ3n) is 1.79. The summed E-state index contributed by atoms with van der Waals surface area (Å²) in [6.45, 7) is 5.20. The Hall–Kier alpha value is -0.500. The molecule has 0 radical (unpaired) electrons. The molecule has 64 valence electrons. The van der Waals surface area contributed by atoms with Crippen LogP contribution in [0.4, 0.5) is 0 Å². The van der Waals surface area contributed by atoms with Crippen LogP contribution in [-0.2, 0) is 4.74 Å². The molecule has 2 heteroatoms. The van der Waals surface area contributed by atoms with Gasteiger partial charge in [0.1, 0.15) is 0 Å². The third-order valence-corrected chi connectivity index (χ3v) is 1.79. The van der Waals surface area contributed by atoms with E-state index in [-0.39, 0.29) is 0 Å². The molecule has 0 atom stereocenters. The Morgan fingerprint density at radius 1 is 1.64 bits per heavy atom. The van der Waals surface area contributed by atoms with E-state index >= 15 is 0 Å². The Kier molecular flexibility index (Phi) is 4.06. The summed E-state index contributed by atoms with van der Waals surface area (Å²) in [5.41, 5.74) is 1.41. The van der Waals surface area contributed by atoms with E-state index in [4.69, 9.17) is 4.74 Å². The molecule has 0 aromatic rings. The quantitative estimate of drug-likeness (QED) is 0.624. The highest BCUT2D eigenvalue weighted by Gasteiger charge is 2.02. The number of hydrogen-bond acceptors (Lipinski definition) is 2. The van der Waals surface area contributed by atoms with Gasteiger partial charge in [0.2, 0.25) is 0 Å². The largest absolute Gasteiger partial charge is 0.501 e. The second kappa shape index (κ2) is 5.19. The molecule has 0 saturated carbocycles. The Balaban J connectivity index is 2.09. The van der Waals surface area contributed by atoms with Gasteiger partial charge in [-0.25, -0.2) is 0 Å². The van der Waals surface area contributed by atoms with Crippen molar-refractivity contribution in [2.24, 2.45) is 0 Å². The molecule has 0 saturated heterocycles. The number of ether oxygens (including phenoxy) is 1. The molecule has 0 aliphatic carbocycles. The fraction of sp³-hybridized carbons (Fsp3) is 0.778. The molecule has 0 fully saturated rings. The van der Waals surface area contributed by atoms with Gasteiger partial charge in [0, 0.05) is 6.54 Å². The fourth-order valence-electron chi connectivity index (χ4n) is 1.17. The normalized spacial score (nSPS) is 17.4. The van der Waals surface area contributed by atoms with Crippen LogP contribution in [0.15, 0.2) is 11.8 Å². The van der Waals surface area contributed by atoms with E-state index in [1.54, 1.807) is 0 Å². The first-order chi connectivity index (χ1) is 5.43. The highest BCUT2D eigenvalue weighted by molar-refractivity contribution is 5.02. The summed E-state index contributed by atoms with van der Waals surface area (Å²) >= 11 is 0. The molecule has 1 N–H and O–H groups in total. The summed E-state index contributed by atoms with van der Waals surface area (Å²) in [6.07, 6.45) is 5.50. The minimum atomic E-state index is 0.900. The summed E-state index contributed by atoms with van der Waals surface area (Å²) in [6, 6.07) is 0. The molecule has 0 amide bonds. The van der Waals surface area contributed by atoms with Gasteiger partial charge < -0.3 is 10.1 Å². The maximum absolute atomic E-state index is 5.21. The average Bonchev–Trinajstić information content (AvgIpc) is 2.07. The van der Waals surface area contributed by atoms with Gasteiger partial charge in [0.05, 0.1) is 12.9 Å². The van der Waals surface area contributed by atoms with Crippen molar-refractivity contribution >= 4 is 0 Å². The molecule has 1 heterocycles. The van der Waals surface area contributed by atoms with Crippen LogP contribution in [0.2, 0.25) is 0 Å². The first-order valence-electron chi connectivity index (χ1n) is 4.43. The van der Waals surface area contributed by atoms with E-state index in [1.807, 2.05) is 6.26 Å². The van der Waals surface area contributed by atoms with Crippen LogP contribution in [0.25, 0.3) is 0 Å². The van der Waals surface area contributed by atoms with Crippen LogP contribution in [0.3, 0.4) is 0 Å². The van der Waals surface area contributed by atoms with Gasteiger partial charge in [-0.3, -0.25) is 0 Å². The van der Waals surface area contributed by atoms with Crippen LogP contribution < -0.4 is 5.32 Å². The molecular weight excluding hydrogens is 138 g/mol. The number of hydrogen-bond donors (Lipinski definition) is 1. The Labute approximate surface area is 68.6 Å². The van der Waals surface area contributed by atoms with E-state index < -0.39 is 0 Å². The molecule has 0 aromatic heterocycles. The smallest absolute Gasteiger partial charge is 0.0876 e. The maximum Gasteiger partial charge on any atom is 0.0876 e. The molecule has 1 aliphatic heterocycles. The maximum atomic E-state index is 5.21. The second-order valence-corrected chi connectivity index (χ2v) is 2.93. The van der Waals surface area contributed by atoms with Gasteiger partial charge in [-0.05, 0) is 31.4 Å². The molecule has 1 rings (SSSR count). The van der Waals surface area contributed by atoms with Crippen LogP contribution in [0.1, 0.15) is 26.2 Å². The highest BCUT2D eigenvalue weighted by Crippen LogP contribution is 2.09. The summed E-state index contributed by atoms with van der Waals surface area (Å²) < 4.78 is 5.21. The Morgan fingerprint density at radius 3 is 3.18 bits per heavy atom. The lowest BCUT2D eigenvalue weighted by atomic mass is 10.1. The van der Waals surface area contributed by atoms with E-state index in [2.05, 4.69) is 12.2 Å². The Bertz CT molecular complexity index is 132. The first kappa shape index (κ1) is 8.60. The standard InChI is InChI=1S/C9H17NO/c1-2-5-10-7-9-4-3-6-11-8-9/h8,10H,2-7H2,1H3. The minimum absolute atomic E-state index is 0.900. The second-order valence-electron chi connectivity index (χ2n) is 2.93. The first-order valence-corrected chi connectivity index (χ1v) is 4.43. The molecule has 1 aliphatic rings. The van der Waals surface area contributed by atoms with Gasteiger partial charge in [0.25, 0.3) is 0 Å². The highest BCUT2D eigenvalue weighted by atomic mass is 16.5. The van der Waals surface area contributed by atoms with Crippen LogP contribution in [0, 0.1) is 0 Å². The lowest BCUT2D eigenvalue weighted by molar-refractivity contribution is 0.223. The zero-order valence-electron chi connectivity index (χ0n) is 7.23. The van der Waals surface area contributed by atoms with Gasteiger partial charge in [-0.1, -0.05) is 6.92 Å². The van der Waals surface area contributed by atoms with Gasteiger partial charge in [-0.15, -0.1) is 0 Å². The van der Waals surface area contributed by atoms with Crippen LogP contribution in [0.5, 0.6) is 0 Å². The van der Waals surface area contributed by atoms with Crippen molar-refractivity contribution < 1.29 is 4.74 Å². The molecule has 11 heavy (non-hydrogen) atoms. The van der Waals surface area contributed by atoms with Crippen molar-refractivity contribution in [1.29, 1.82) is 0 Å². The van der Waals surface area contributed by atoms with Crippen molar-refractivity contribution in [1.82, 2.24) is 5.32 Å². The van der Waals surface area contributed by atoms with E-state index in [0.29, 0.717) is 0 Å². The predicted molar refractivity (Wildman–Crippen MR) is 46.4 cm³/mol. The zero-order valence-corrected chi connectivity index (χ0v) is 7.23. The number of nitrogens with one attached hydrogen (secondary N) is 1. The summed E-state index contributed by atoms with van der Waals surface area (Å²) in [5, 5.41) is 3.36. The van der Waals surface area contributed by atoms with Crippen LogP contribution >= 0.6 is 0 Å². The molecule has 0 aromatic carbocycles. The molecule has 0 bridgehead atoms. The zero-order chi connectivity index (χ0) is 7.94. The van der Waals surface area contributed by atoms with Gasteiger partial charge >= 0.3 is 0 Å². The molecule has 0 spiro atoms. The minimum Gasteiger partial charge on any atom is -0.501 e. The molecule has 2 nitrogen and oxygen atoms in total. The van der Waals surface area contributed by atoms with Gasteiger partial charge in [0.15, 0.2) is 0 Å². The van der Waals surface area contributed by atoms with Crippen molar-refractivity contribution in [2.45, 2.75) is 26.2 Å². The predicted octanol–water partition coefficient (Wildman–Crippen LogP) is 1.68. The molecule has 0 unspecified atom stereocenters. The molecular formula is C9H17NO. The van der Waals surface area contributed by atoms with Crippen molar-refractivity contribution in [3.05, 3.63) is 11.8 Å². The fourth-order valence-corrected chi connectivity index (χ4v) is 1.17. The lowest BCUT2D eigenvalue weighted by Crippen LogP contribution is -2.19. The van der Waals surface area contributed by atoms with Crippen molar-refractivity contribution in [2.75, 3.05) is 19.7 Å². The topological polar surface area (TPSA) is 21.3 Å². The van der Waals surface area contributed by atoms with E-state index in [9.17, 15) is 0 Å². The monoisotopic (exact) mass is 155 g/mol. The summed E-state index contributed by atoms with van der Waals surface area (Å²) in [7, 11) is 0. The summed E-state index contributed by atoms with van der Waals surface area (Å²) in [5.74, 6) is 0. The van der Waals surface area contributed by atoms with E-state index in [1.165, 1.54) is 24.8 Å². The lowest BCUT2D eigenvalue weighted by Gasteiger charge is -2.13. The summed E-state index contributed by atoms with van der Waals surface area (Å²) in [4.78, 5) is 0. The van der Waals surface area contributed by atoms with Gasteiger partial charge in [-0.2, -0.15) is 0 Å². The third kappa shape index (κ3) is 3.42. The van der Waals surface area contributed by atoms with Crippen molar-refractivity contribution in [3.63, 3.8) is 0 Å². The Morgan fingerprint density at radius 2 is 2.55 bits per heavy atom. The van der Waals surface area contributed by atoms with E-state index in [0.717, 1.165) is 19.7 Å².